The van der Waals surface area contributed by atoms with Gasteiger partial charge in [0.2, 0.25) is 0 Å². The Morgan fingerprint density at radius 1 is 0.923 bits per heavy atom. The normalized spacial score (nSPS) is 3.69. The van der Waals surface area contributed by atoms with Gasteiger partial charge in [-0.05, 0) is 6.16 Å². The van der Waals surface area contributed by atoms with E-state index >= 15 is 0 Å². The van der Waals surface area contributed by atoms with Crippen molar-refractivity contribution in [1.82, 2.24) is 0 Å². The van der Waals surface area contributed by atoms with E-state index < -0.39 is 11.2 Å². The van der Waals surface area contributed by atoms with Gasteiger partial charge in [-0.15, -0.1) is 0 Å². The first-order valence-corrected chi connectivity index (χ1v) is 1.16. The van der Waals surface area contributed by atoms with Crippen LogP contribution in [-0.2, 0) is 17.1 Å². The molecule has 0 bridgehead atoms. The maximum atomic E-state index is 8.33. The third kappa shape index (κ3) is 616. The van der Waals surface area contributed by atoms with Gasteiger partial charge in [0.25, 0.3) is 0 Å². The minimum absolute atomic E-state index is 0. The molecular weight excluding hydrogens is 241 g/mol. The molecule has 0 aromatic heterocycles. The number of carboxylic acid groups (broad SMARTS) is 2. The summed E-state index contributed by atoms with van der Waals surface area (Å²) >= 11 is 0. The molecule has 0 atom stereocenters. The fourth-order valence-corrected chi connectivity index (χ4v) is 0. The van der Waals surface area contributed by atoms with Crippen LogP contribution in [0.4, 0.5) is 4.79 Å². The van der Waals surface area contributed by atoms with Crippen LogP contribution in [-0.4, -0.2) is 33.1 Å². The maximum Gasteiger partial charge on any atom is 3.00 e. The Labute approximate surface area is 81.4 Å². The molecule has 0 unspecified atom stereocenters. The van der Waals surface area contributed by atoms with Crippen molar-refractivity contribution < 1.29 is 59.1 Å². The SMILES string of the molecule is O.O.O.O.O=C([O-])[O-].O=[N+]([O-])[O-].[Mn+3]. The Morgan fingerprint density at radius 3 is 0.923 bits per heavy atom. The molecule has 13 heavy (non-hydrogen) atoms. The molecule has 0 saturated carbocycles. The number of rotatable bonds is 0. The van der Waals surface area contributed by atoms with Crippen LogP contribution in [0.15, 0.2) is 0 Å². The molecule has 84 valence electrons. The number of hydrogen-bond acceptors (Lipinski definition) is 6. The van der Waals surface area contributed by atoms with Crippen molar-refractivity contribution in [2.45, 2.75) is 0 Å². The van der Waals surface area contributed by atoms with E-state index in [2.05, 4.69) is 0 Å². The molecule has 0 heterocycles. The molecule has 0 aromatic carbocycles. The van der Waals surface area contributed by atoms with Crippen LogP contribution in [0.3, 0.4) is 0 Å². The van der Waals surface area contributed by atoms with Crippen molar-refractivity contribution in [3.05, 3.63) is 15.3 Å². The average Bonchev–Trinajstić information content (AvgIpc) is 1.25. The van der Waals surface area contributed by atoms with Crippen molar-refractivity contribution in [3.63, 3.8) is 0 Å². The van der Waals surface area contributed by atoms with Crippen LogP contribution < -0.4 is 10.2 Å². The molecule has 0 aliphatic rings. The summed E-state index contributed by atoms with van der Waals surface area (Å²) in [6, 6.07) is 0. The van der Waals surface area contributed by atoms with Crippen LogP contribution in [0.25, 0.3) is 0 Å². The zero-order valence-corrected chi connectivity index (χ0v) is 6.96. The molecule has 0 rings (SSSR count). The summed E-state index contributed by atoms with van der Waals surface area (Å²) in [6.07, 6.45) is -2.33. The van der Waals surface area contributed by atoms with Gasteiger partial charge in [0.05, 0.1) is 5.09 Å². The van der Waals surface area contributed by atoms with Gasteiger partial charge in [-0.3, -0.25) is 0 Å². The summed E-state index contributed by atoms with van der Waals surface area (Å²) in [5.41, 5.74) is 0. The van der Waals surface area contributed by atoms with Gasteiger partial charge in [-0.25, -0.2) is 0 Å². The standard InChI is InChI=1S/CH2O3.Mn.NO3.4H2O/c2-1(3)4;;2-1(3)4;;;;/h(H2,2,3,4);;;4*1H2/q;+3;-1;;;;/p-2. The fourth-order valence-electron chi connectivity index (χ4n) is 0. The Balaban J connectivity index is -0.00000000800. The minimum atomic E-state index is -2.33. The van der Waals surface area contributed by atoms with Crippen LogP contribution in [0.5, 0.6) is 0 Å². The summed E-state index contributed by atoms with van der Waals surface area (Å²) in [5, 5.41) is 31.4. The van der Waals surface area contributed by atoms with Crippen molar-refractivity contribution in [2.75, 3.05) is 0 Å². The zero-order valence-electron chi connectivity index (χ0n) is 5.77. The van der Waals surface area contributed by atoms with E-state index in [0.29, 0.717) is 0 Å². The summed E-state index contributed by atoms with van der Waals surface area (Å²) in [5.74, 6) is 0. The molecule has 11 nitrogen and oxygen atoms in total. The third-order valence-electron chi connectivity index (χ3n) is 0. The van der Waals surface area contributed by atoms with Gasteiger partial charge < -0.3 is 52.2 Å². The first kappa shape index (κ1) is 59.5. The van der Waals surface area contributed by atoms with Gasteiger partial charge in [0, 0.05) is 0 Å². The van der Waals surface area contributed by atoms with Crippen LogP contribution in [0, 0.1) is 15.3 Å². The molecule has 0 aliphatic heterocycles. The Bertz CT molecular complexity index is 72.9. The second-order valence-corrected chi connectivity index (χ2v) is 0.474. The Morgan fingerprint density at radius 2 is 0.923 bits per heavy atom. The van der Waals surface area contributed by atoms with Crippen LogP contribution in [0.2, 0.25) is 0 Å². The molecule has 0 spiro atoms. The summed E-state index contributed by atoms with van der Waals surface area (Å²) in [7, 11) is 0. The quantitative estimate of drug-likeness (QED) is 0.229. The zero-order chi connectivity index (χ0) is 7.15. The van der Waals surface area contributed by atoms with E-state index in [-0.39, 0.29) is 39.0 Å². The molecule has 0 radical (unpaired) electrons. The number of carbonyl (C=O) groups is 1. The molecular formula is CH8MnNO10. The number of carbonyl (C=O) groups excluding carboxylic acids is 1. The van der Waals surface area contributed by atoms with Gasteiger partial charge in [-0.2, -0.15) is 0 Å². The first-order chi connectivity index (χ1) is 3.46. The topological polar surface area (TPSA) is 255 Å². The van der Waals surface area contributed by atoms with E-state index in [0.717, 1.165) is 0 Å². The third-order valence-corrected chi connectivity index (χ3v) is 0. The van der Waals surface area contributed by atoms with E-state index in [9.17, 15) is 0 Å². The number of nitrogens with zero attached hydrogens (tertiary/aromatic N) is 1. The van der Waals surface area contributed by atoms with E-state index in [4.69, 9.17) is 30.3 Å². The summed E-state index contributed by atoms with van der Waals surface area (Å²) < 4.78 is 0. The minimum Gasteiger partial charge on any atom is -0.652 e. The van der Waals surface area contributed by atoms with E-state index in [1.54, 1.807) is 0 Å². The van der Waals surface area contributed by atoms with Crippen molar-refractivity contribution in [3.8, 4) is 0 Å². The van der Waals surface area contributed by atoms with Crippen LogP contribution in [0.1, 0.15) is 0 Å². The number of hydrogen-bond donors (Lipinski definition) is 0. The Hall–Kier alpha value is -1.17. The predicted octanol–water partition coefficient (Wildman–Crippen LogP) is -5.99. The molecule has 8 N–H and O–H groups in total. The van der Waals surface area contributed by atoms with Crippen LogP contribution >= 0.6 is 0 Å². The largest absolute Gasteiger partial charge is 3.00 e. The van der Waals surface area contributed by atoms with Gasteiger partial charge >= 0.3 is 17.1 Å². The average molecular weight is 249 g/mol. The van der Waals surface area contributed by atoms with Gasteiger partial charge in [0.1, 0.15) is 0 Å². The molecule has 0 aromatic rings. The van der Waals surface area contributed by atoms with Crippen molar-refractivity contribution >= 4 is 6.16 Å². The Kier molecular flexibility index (Phi) is 205. The summed E-state index contributed by atoms with van der Waals surface area (Å²) in [6.45, 7) is 0. The molecule has 12 heteroatoms. The van der Waals surface area contributed by atoms with Crippen molar-refractivity contribution in [1.29, 1.82) is 0 Å². The second kappa shape index (κ2) is 44.9. The first-order valence-electron chi connectivity index (χ1n) is 1.16. The summed E-state index contributed by atoms with van der Waals surface area (Å²) in [4.78, 5) is 16.6. The molecule has 0 amide bonds. The second-order valence-electron chi connectivity index (χ2n) is 0.474. The maximum absolute atomic E-state index is 8.33. The van der Waals surface area contributed by atoms with E-state index in [1.807, 2.05) is 0 Å². The van der Waals surface area contributed by atoms with Gasteiger partial charge in [-0.1, -0.05) is 0 Å². The molecule has 0 aliphatic carbocycles. The fraction of sp³-hybridized carbons (Fsp3) is 0. The molecule has 0 saturated heterocycles. The van der Waals surface area contributed by atoms with Gasteiger partial charge in [0.15, 0.2) is 0 Å². The smallest absolute Gasteiger partial charge is 0.652 e. The van der Waals surface area contributed by atoms with E-state index in [1.165, 1.54) is 0 Å². The van der Waals surface area contributed by atoms with Crippen molar-refractivity contribution in [2.24, 2.45) is 0 Å². The molecule has 0 fully saturated rings. The monoisotopic (exact) mass is 249 g/mol. The predicted molar refractivity (Wildman–Crippen MR) is 30.2 cm³/mol.